The maximum Gasteiger partial charge on any atom is 0.131 e. The van der Waals surface area contributed by atoms with Crippen LogP contribution in [-0.2, 0) is 0 Å². The molecule has 0 saturated heterocycles. The van der Waals surface area contributed by atoms with Gasteiger partial charge in [0.05, 0.1) is 6.04 Å². The van der Waals surface area contributed by atoms with Crippen LogP contribution in [-0.4, -0.2) is 0 Å². The molecule has 0 radical (unpaired) electrons. The summed E-state index contributed by atoms with van der Waals surface area (Å²) >= 11 is 2.16. The van der Waals surface area contributed by atoms with E-state index in [1.807, 2.05) is 12.1 Å². The average Bonchev–Trinajstić information content (AvgIpc) is 2.29. The molecule has 0 aliphatic carbocycles. The molecule has 0 amide bonds. The Morgan fingerprint density at radius 3 is 2.00 bits per heavy atom. The van der Waals surface area contributed by atoms with Crippen LogP contribution in [0.2, 0.25) is 0 Å². The van der Waals surface area contributed by atoms with Gasteiger partial charge >= 0.3 is 0 Å². The molecule has 0 saturated carbocycles. The van der Waals surface area contributed by atoms with Gasteiger partial charge < -0.3 is 5.73 Å². The minimum atomic E-state index is -0.784. The lowest BCUT2D eigenvalue weighted by Gasteiger charge is -2.14. The molecule has 1 unspecified atom stereocenters. The van der Waals surface area contributed by atoms with Gasteiger partial charge in [0, 0.05) is 9.13 Å². The van der Waals surface area contributed by atoms with E-state index in [1.165, 1.54) is 18.2 Å². The monoisotopic (exact) mass is 345 g/mol. The van der Waals surface area contributed by atoms with Crippen LogP contribution in [0.15, 0.2) is 42.5 Å². The first-order chi connectivity index (χ1) is 8.09. The van der Waals surface area contributed by atoms with E-state index in [0.717, 1.165) is 3.57 Å². The lowest BCUT2D eigenvalue weighted by Crippen LogP contribution is -2.15. The summed E-state index contributed by atoms with van der Waals surface area (Å²) in [6, 6.07) is 10.2. The van der Waals surface area contributed by atoms with E-state index in [0.29, 0.717) is 5.56 Å². The van der Waals surface area contributed by atoms with E-state index in [4.69, 9.17) is 5.73 Å². The van der Waals surface area contributed by atoms with E-state index in [2.05, 4.69) is 22.6 Å². The molecule has 0 spiro atoms. The fraction of sp³-hybridized carbons (Fsp3) is 0.0769. The number of nitrogens with two attached hydrogens (primary N) is 1. The molecule has 1 nitrogen and oxygen atoms in total. The fourth-order valence-corrected chi connectivity index (χ4v) is 2.00. The molecular weight excluding hydrogens is 335 g/mol. The molecule has 2 N–H and O–H groups in total. The number of hydrogen-bond acceptors (Lipinski definition) is 1. The first-order valence-corrected chi connectivity index (χ1v) is 6.12. The van der Waals surface area contributed by atoms with Gasteiger partial charge in [0.2, 0.25) is 0 Å². The third kappa shape index (κ3) is 2.63. The second-order valence-corrected chi connectivity index (χ2v) is 4.91. The lowest BCUT2D eigenvalue weighted by atomic mass is 9.99. The fourth-order valence-electron chi connectivity index (χ4n) is 1.64. The number of rotatable bonds is 2. The Hall–Kier alpha value is -1.01. The van der Waals surface area contributed by atoms with Gasteiger partial charge in [0.25, 0.3) is 0 Å². The van der Waals surface area contributed by atoms with Crippen molar-refractivity contribution >= 4 is 22.6 Å². The standard InChI is InChI=1S/C13H10F2IN/c14-10-2-1-3-11(15)12(10)13(17)8-4-6-9(16)7-5-8/h1-7,13H,17H2. The summed E-state index contributed by atoms with van der Waals surface area (Å²) in [6.07, 6.45) is 0. The van der Waals surface area contributed by atoms with Crippen molar-refractivity contribution in [3.63, 3.8) is 0 Å². The minimum Gasteiger partial charge on any atom is -0.320 e. The van der Waals surface area contributed by atoms with Gasteiger partial charge in [-0.15, -0.1) is 0 Å². The van der Waals surface area contributed by atoms with Crippen molar-refractivity contribution < 1.29 is 8.78 Å². The van der Waals surface area contributed by atoms with Crippen molar-refractivity contribution in [2.75, 3.05) is 0 Å². The molecular formula is C13H10F2IN. The molecule has 4 heteroatoms. The second-order valence-electron chi connectivity index (χ2n) is 3.66. The van der Waals surface area contributed by atoms with E-state index in [-0.39, 0.29) is 5.56 Å². The zero-order chi connectivity index (χ0) is 12.4. The molecule has 0 heterocycles. The predicted molar refractivity (Wildman–Crippen MR) is 71.5 cm³/mol. The van der Waals surface area contributed by atoms with Gasteiger partial charge in [0.15, 0.2) is 0 Å². The van der Waals surface area contributed by atoms with Crippen LogP contribution in [0, 0.1) is 15.2 Å². The van der Waals surface area contributed by atoms with E-state index >= 15 is 0 Å². The number of halogens is 3. The Balaban J connectivity index is 2.43. The molecule has 2 rings (SSSR count). The van der Waals surface area contributed by atoms with Crippen molar-refractivity contribution in [2.45, 2.75) is 6.04 Å². The number of benzene rings is 2. The van der Waals surface area contributed by atoms with Gasteiger partial charge in [-0.25, -0.2) is 8.78 Å². The van der Waals surface area contributed by atoms with Crippen molar-refractivity contribution in [2.24, 2.45) is 5.73 Å². The summed E-state index contributed by atoms with van der Waals surface area (Å²) in [6.45, 7) is 0. The third-order valence-corrected chi connectivity index (χ3v) is 3.26. The average molecular weight is 345 g/mol. The molecule has 2 aromatic carbocycles. The van der Waals surface area contributed by atoms with Gasteiger partial charge in [-0.05, 0) is 52.4 Å². The summed E-state index contributed by atoms with van der Waals surface area (Å²) in [7, 11) is 0. The van der Waals surface area contributed by atoms with Crippen molar-refractivity contribution in [3.8, 4) is 0 Å². The summed E-state index contributed by atoms with van der Waals surface area (Å²) in [4.78, 5) is 0. The van der Waals surface area contributed by atoms with Crippen molar-refractivity contribution in [1.82, 2.24) is 0 Å². The maximum absolute atomic E-state index is 13.5. The third-order valence-electron chi connectivity index (χ3n) is 2.54. The van der Waals surface area contributed by atoms with Crippen LogP contribution < -0.4 is 5.73 Å². The van der Waals surface area contributed by atoms with Crippen LogP contribution in [0.5, 0.6) is 0 Å². The van der Waals surface area contributed by atoms with E-state index in [1.54, 1.807) is 12.1 Å². The van der Waals surface area contributed by atoms with E-state index in [9.17, 15) is 8.78 Å². The Morgan fingerprint density at radius 1 is 0.941 bits per heavy atom. The molecule has 0 bridgehead atoms. The largest absolute Gasteiger partial charge is 0.320 e. The normalized spacial score (nSPS) is 12.5. The van der Waals surface area contributed by atoms with Crippen LogP contribution in [0.3, 0.4) is 0 Å². The summed E-state index contributed by atoms with van der Waals surface area (Å²) in [5.41, 5.74) is 6.49. The van der Waals surface area contributed by atoms with Crippen molar-refractivity contribution in [1.29, 1.82) is 0 Å². The Bertz CT molecular complexity index is 505. The van der Waals surface area contributed by atoms with Crippen LogP contribution in [0.4, 0.5) is 8.78 Å². The summed E-state index contributed by atoms with van der Waals surface area (Å²) < 4.78 is 28.1. The summed E-state index contributed by atoms with van der Waals surface area (Å²) in [5, 5.41) is 0. The van der Waals surface area contributed by atoms with Gasteiger partial charge in [-0.1, -0.05) is 18.2 Å². The highest BCUT2D eigenvalue weighted by molar-refractivity contribution is 14.1. The quantitative estimate of drug-likeness (QED) is 0.827. The molecule has 1 atom stereocenters. The second kappa shape index (κ2) is 5.10. The molecule has 0 aromatic heterocycles. The zero-order valence-electron chi connectivity index (χ0n) is 8.83. The molecule has 0 aliphatic rings. The molecule has 2 aromatic rings. The first kappa shape index (κ1) is 12.4. The highest BCUT2D eigenvalue weighted by atomic mass is 127. The smallest absolute Gasteiger partial charge is 0.131 e. The Labute approximate surface area is 112 Å². The highest BCUT2D eigenvalue weighted by Gasteiger charge is 2.17. The van der Waals surface area contributed by atoms with Crippen LogP contribution in [0.1, 0.15) is 17.2 Å². The van der Waals surface area contributed by atoms with Crippen LogP contribution >= 0.6 is 22.6 Å². The molecule has 0 aliphatic heterocycles. The predicted octanol–water partition coefficient (Wildman–Crippen LogP) is 3.62. The van der Waals surface area contributed by atoms with Gasteiger partial charge in [0.1, 0.15) is 11.6 Å². The molecule has 88 valence electrons. The Kier molecular flexibility index (Phi) is 3.73. The van der Waals surface area contributed by atoms with E-state index < -0.39 is 17.7 Å². The zero-order valence-corrected chi connectivity index (χ0v) is 11.0. The lowest BCUT2D eigenvalue weighted by molar-refractivity contribution is 0.543. The van der Waals surface area contributed by atoms with Gasteiger partial charge in [-0.3, -0.25) is 0 Å². The van der Waals surface area contributed by atoms with Crippen molar-refractivity contribution in [3.05, 3.63) is 68.8 Å². The Morgan fingerprint density at radius 2 is 1.47 bits per heavy atom. The van der Waals surface area contributed by atoms with Gasteiger partial charge in [-0.2, -0.15) is 0 Å². The van der Waals surface area contributed by atoms with Crippen LogP contribution in [0.25, 0.3) is 0 Å². The minimum absolute atomic E-state index is 0.0892. The topological polar surface area (TPSA) is 26.0 Å². The highest BCUT2D eigenvalue weighted by Crippen LogP contribution is 2.25. The molecule has 17 heavy (non-hydrogen) atoms. The number of hydrogen-bond donors (Lipinski definition) is 1. The summed E-state index contributed by atoms with van der Waals surface area (Å²) in [5.74, 6) is -1.23. The SMILES string of the molecule is NC(c1ccc(I)cc1)c1c(F)cccc1F. The maximum atomic E-state index is 13.5. The molecule has 0 fully saturated rings. The first-order valence-electron chi connectivity index (χ1n) is 5.04.